The minimum absolute atomic E-state index is 0.389. The number of aryl methyl sites for hydroxylation is 1. The van der Waals surface area contributed by atoms with E-state index >= 15 is 0 Å². The molecule has 0 bridgehead atoms. The highest BCUT2D eigenvalue weighted by Crippen LogP contribution is 2.20. The summed E-state index contributed by atoms with van der Waals surface area (Å²) in [7, 11) is 0. The lowest BCUT2D eigenvalue weighted by molar-refractivity contribution is 0.515. The maximum atomic E-state index is 4.47. The van der Waals surface area contributed by atoms with Gasteiger partial charge in [0.1, 0.15) is 0 Å². The molecule has 0 saturated carbocycles. The van der Waals surface area contributed by atoms with Crippen molar-refractivity contribution < 1.29 is 0 Å². The van der Waals surface area contributed by atoms with Crippen molar-refractivity contribution in [1.29, 1.82) is 0 Å². The number of thiazole rings is 1. The van der Waals surface area contributed by atoms with Crippen LogP contribution < -0.4 is 5.32 Å². The maximum Gasteiger partial charge on any atom is 0.0897 e. The van der Waals surface area contributed by atoms with Crippen LogP contribution in [0, 0.1) is 6.92 Å². The van der Waals surface area contributed by atoms with E-state index in [1.54, 1.807) is 11.3 Å². The largest absolute Gasteiger partial charge is 0.304 e. The van der Waals surface area contributed by atoms with Gasteiger partial charge in [-0.15, -0.1) is 11.3 Å². The second kappa shape index (κ2) is 6.45. The summed E-state index contributed by atoms with van der Waals surface area (Å²) >= 11 is 5.17. The van der Waals surface area contributed by atoms with Crippen molar-refractivity contribution in [2.24, 2.45) is 0 Å². The van der Waals surface area contributed by atoms with Gasteiger partial charge in [-0.2, -0.15) is 0 Å². The molecule has 1 aromatic carbocycles. The van der Waals surface area contributed by atoms with Crippen LogP contribution in [0.1, 0.15) is 35.7 Å². The Bertz CT molecular complexity index is 493. The summed E-state index contributed by atoms with van der Waals surface area (Å²) in [6, 6.07) is 8.90. The SMILES string of the molecule is CCC(NCc1csc(C)n1)c1ccc(Br)cc1. The molecule has 1 heterocycles. The molecule has 0 aliphatic carbocycles. The average molecular weight is 325 g/mol. The molecule has 18 heavy (non-hydrogen) atoms. The van der Waals surface area contributed by atoms with Crippen molar-refractivity contribution in [2.45, 2.75) is 32.9 Å². The van der Waals surface area contributed by atoms with E-state index in [9.17, 15) is 0 Å². The Hall–Kier alpha value is -0.710. The zero-order valence-electron chi connectivity index (χ0n) is 10.6. The van der Waals surface area contributed by atoms with E-state index in [-0.39, 0.29) is 0 Å². The Balaban J connectivity index is 1.99. The molecule has 1 N–H and O–H groups in total. The topological polar surface area (TPSA) is 24.9 Å². The third kappa shape index (κ3) is 3.64. The molecule has 1 aromatic heterocycles. The Morgan fingerprint density at radius 1 is 1.33 bits per heavy atom. The number of hydrogen-bond acceptors (Lipinski definition) is 3. The number of benzene rings is 1. The highest BCUT2D eigenvalue weighted by Gasteiger charge is 2.09. The predicted octanol–water partition coefficient (Wildman–Crippen LogP) is 4.45. The average Bonchev–Trinajstić information content (AvgIpc) is 2.78. The van der Waals surface area contributed by atoms with Crippen LogP contribution in [0.25, 0.3) is 0 Å². The van der Waals surface area contributed by atoms with Crippen molar-refractivity contribution in [3.8, 4) is 0 Å². The molecule has 0 spiro atoms. The van der Waals surface area contributed by atoms with Crippen LogP contribution in [0.3, 0.4) is 0 Å². The molecule has 4 heteroatoms. The van der Waals surface area contributed by atoms with Crippen LogP contribution in [-0.4, -0.2) is 4.98 Å². The van der Waals surface area contributed by atoms with Crippen LogP contribution in [0.4, 0.5) is 0 Å². The standard InChI is InChI=1S/C14H17BrN2S/c1-3-14(11-4-6-12(15)7-5-11)16-8-13-9-18-10(2)17-13/h4-7,9,14,16H,3,8H2,1-2H3. The minimum atomic E-state index is 0.389. The molecule has 2 rings (SSSR count). The monoisotopic (exact) mass is 324 g/mol. The molecule has 2 nitrogen and oxygen atoms in total. The first-order chi connectivity index (χ1) is 8.69. The van der Waals surface area contributed by atoms with Crippen LogP contribution in [0.2, 0.25) is 0 Å². The zero-order chi connectivity index (χ0) is 13.0. The van der Waals surface area contributed by atoms with Crippen molar-refractivity contribution in [3.63, 3.8) is 0 Å². The van der Waals surface area contributed by atoms with Gasteiger partial charge in [-0.25, -0.2) is 4.98 Å². The van der Waals surface area contributed by atoms with E-state index in [1.165, 1.54) is 5.56 Å². The lowest BCUT2D eigenvalue weighted by Gasteiger charge is -2.16. The molecule has 96 valence electrons. The van der Waals surface area contributed by atoms with E-state index in [0.29, 0.717) is 6.04 Å². The van der Waals surface area contributed by atoms with Gasteiger partial charge in [0, 0.05) is 22.4 Å². The normalized spacial score (nSPS) is 12.6. The minimum Gasteiger partial charge on any atom is -0.304 e. The van der Waals surface area contributed by atoms with E-state index < -0.39 is 0 Å². The van der Waals surface area contributed by atoms with Gasteiger partial charge in [-0.1, -0.05) is 35.0 Å². The van der Waals surface area contributed by atoms with Gasteiger partial charge < -0.3 is 5.32 Å². The molecule has 1 atom stereocenters. The predicted molar refractivity (Wildman–Crippen MR) is 80.9 cm³/mol. The van der Waals surface area contributed by atoms with Gasteiger partial charge in [-0.3, -0.25) is 0 Å². The van der Waals surface area contributed by atoms with Gasteiger partial charge in [0.15, 0.2) is 0 Å². The summed E-state index contributed by atoms with van der Waals surface area (Å²) in [5.41, 5.74) is 2.46. The highest BCUT2D eigenvalue weighted by molar-refractivity contribution is 9.10. The Kier molecular flexibility index (Phi) is 4.92. The molecule has 0 aliphatic heterocycles. The van der Waals surface area contributed by atoms with E-state index in [1.807, 2.05) is 6.92 Å². The summed E-state index contributed by atoms with van der Waals surface area (Å²) in [4.78, 5) is 4.47. The lowest BCUT2D eigenvalue weighted by atomic mass is 10.0. The van der Waals surface area contributed by atoms with Crippen molar-refractivity contribution in [2.75, 3.05) is 0 Å². The third-order valence-corrected chi connectivity index (χ3v) is 4.23. The van der Waals surface area contributed by atoms with Crippen LogP contribution >= 0.6 is 27.3 Å². The lowest BCUT2D eigenvalue weighted by Crippen LogP contribution is -2.20. The molecule has 0 radical (unpaired) electrons. The van der Waals surface area contributed by atoms with Gasteiger partial charge in [0.2, 0.25) is 0 Å². The highest BCUT2D eigenvalue weighted by atomic mass is 79.9. The van der Waals surface area contributed by atoms with Gasteiger partial charge >= 0.3 is 0 Å². The molecule has 0 fully saturated rings. The molecule has 0 amide bonds. The number of aromatic nitrogens is 1. The smallest absolute Gasteiger partial charge is 0.0897 e. The number of rotatable bonds is 5. The molecule has 0 aliphatic rings. The quantitative estimate of drug-likeness (QED) is 0.878. The fourth-order valence-corrected chi connectivity index (χ4v) is 2.79. The Morgan fingerprint density at radius 3 is 2.61 bits per heavy atom. The molecular weight excluding hydrogens is 308 g/mol. The van der Waals surface area contributed by atoms with E-state index in [0.717, 1.165) is 28.1 Å². The number of hydrogen-bond donors (Lipinski definition) is 1. The molecule has 2 aromatic rings. The Labute approximate surface area is 121 Å². The summed E-state index contributed by atoms with van der Waals surface area (Å²) in [5.74, 6) is 0. The first kappa shape index (κ1) is 13.7. The maximum absolute atomic E-state index is 4.47. The summed E-state index contributed by atoms with van der Waals surface area (Å²) in [5, 5.41) is 6.81. The summed E-state index contributed by atoms with van der Waals surface area (Å²) < 4.78 is 1.12. The first-order valence-electron chi connectivity index (χ1n) is 6.09. The fraction of sp³-hybridized carbons (Fsp3) is 0.357. The number of halogens is 1. The van der Waals surface area contributed by atoms with E-state index in [2.05, 4.69) is 62.8 Å². The second-order valence-electron chi connectivity index (χ2n) is 4.25. The van der Waals surface area contributed by atoms with Crippen LogP contribution in [0.5, 0.6) is 0 Å². The van der Waals surface area contributed by atoms with Crippen LogP contribution in [0.15, 0.2) is 34.1 Å². The molecular formula is C14H17BrN2S. The van der Waals surface area contributed by atoms with Gasteiger partial charge in [0.25, 0.3) is 0 Å². The second-order valence-corrected chi connectivity index (χ2v) is 6.23. The molecule has 1 unspecified atom stereocenters. The number of nitrogens with one attached hydrogen (secondary N) is 1. The van der Waals surface area contributed by atoms with Gasteiger partial charge in [0.05, 0.1) is 10.7 Å². The molecule has 0 saturated heterocycles. The van der Waals surface area contributed by atoms with E-state index in [4.69, 9.17) is 0 Å². The van der Waals surface area contributed by atoms with Crippen molar-refractivity contribution in [1.82, 2.24) is 10.3 Å². The van der Waals surface area contributed by atoms with Crippen molar-refractivity contribution >= 4 is 27.3 Å². The number of nitrogens with zero attached hydrogens (tertiary/aromatic N) is 1. The zero-order valence-corrected chi connectivity index (χ0v) is 13.0. The van der Waals surface area contributed by atoms with Crippen molar-refractivity contribution in [3.05, 3.63) is 50.4 Å². The fourth-order valence-electron chi connectivity index (χ4n) is 1.91. The van der Waals surface area contributed by atoms with Crippen LogP contribution in [-0.2, 0) is 6.54 Å². The Morgan fingerprint density at radius 2 is 2.06 bits per heavy atom. The summed E-state index contributed by atoms with van der Waals surface area (Å²) in [6.07, 6.45) is 1.07. The summed E-state index contributed by atoms with van der Waals surface area (Å²) in [6.45, 7) is 5.07. The first-order valence-corrected chi connectivity index (χ1v) is 7.76. The third-order valence-electron chi connectivity index (χ3n) is 2.88. The van der Waals surface area contributed by atoms with Gasteiger partial charge in [-0.05, 0) is 31.0 Å².